The van der Waals surface area contributed by atoms with Gasteiger partial charge in [-0.3, -0.25) is 4.79 Å². The molecule has 2 fully saturated rings. The smallest absolute Gasteiger partial charge is 0.240 e. The van der Waals surface area contributed by atoms with E-state index < -0.39 is 0 Å². The third-order valence-corrected chi connectivity index (χ3v) is 4.43. The number of nitrogens with zero attached hydrogens (tertiary/aromatic N) is 2. The molecule has 1 unspecified atom stereocenters. The normalized spacial score (nSPS) is 27.6. The Bertz CT molecular complexity index is 555. The van der Waals surface area contributed by atoms with Crippen molar-refractivity contribution in [2.75, 3.05) is 19.7 Å². The maximum Gasteiger partial charge on any atom is 0.240 e. The molecule has 0 radical (unpaired) electrons. The summed E-state index contributed by atoms with van der Waals surface area (Å²) in [5.74, 6) is 1.27. The molecule has 1 amide bonds. The summed E-state index contributed by atoms with van der Waals surface area (Å²) in [5, 5.41) is 12.4. The summed E-state index contributed by atoms with van der Waals surface area (Å²) >= 11 is 0. The van der Waals surface area contributed by atoms with Crippen LogP contribution in [0.1, 0.15) is 19.3 Å². The van der Waals surface area contributed by atoms with E-state index in [2.05, 4.69) is 11.4 Å². The lowest BCUT2D eigenvalue weighted by molar-refractivity contribution is -0.133. The van der Waals surface area contributed by atoms with Gasteiger partial charge in [-0.05, 0) is 31.4 Å². The summed E-state index contributed by atoms with van der Waals surface area (Å²) < 4.78 is 5.77. The molecule has 0 saturated carbocycles. The number of rotatable bonds is 4. The molecule has 3 atom stereocenters. The summed E-state index contributed by atoms with van der Waals surface area (Å²) in [6.45, 7) is 2.11. The van der Waals surface area contributed by atoms with E-state index in [0.29, 0.717) is 19.1 Å². The second kappa shape index (κ2) is 6.80. The fourth-order valence-corrected chi connectivity index (χ4v) is 3.22. The van der Waals surface area contributed by atoms with Crippen LogP contribution in [0.5, 0.6) is 5.75 Å². The summed E-state index contributed by atoms with van der Waals surface area (Å²) in [4.78, 5) is 14.2. The summed E-state index contributed by atoms with van der Waals surface area (Å²) in [7, 11) is 0. The van der Waals surface area contributed by atoms with Gasteiger partial charge in [0.25, 0.3) is 0 Å². The molecule has 0 spiro atoms. The van der Waals surface area contributed by atoms with Crippen LogP contribution < -0.4 is 10.1 Å². The Labute approximate surface area is 130 Å². The molecule has 0 aliphatic carbocycles. The molecule has 1 aromatic carbocycles. The minimum absolute atomic E-state index is 0.0752. The average Bonchev–Trinajstić information content (AvgIpc) is 3.22. The minimum Gasteiger partial charge on any atom is -0.493 e. The number of amides is 1. The van der Waals surface area contributed by atoms with Crippen molar-refractivity contribution in [3.8, 4) is 11.8 Å². The Morgan fingerprint density at radius 3 is 3.00 bits per heavy atom. The Morgan fingerprint density at radius 1 is 1.41 bits per heavy atom. The number of nitrogens with one attached hydrogen (secondary N) is 1. The first kappa shape index (κ1) is 14.9. The molecule has 5 heteroatoms. The molecule has 3 rings (SSSR count). The van der Waals surface area contributed by atoms with Gasteiger partial charge in [-0.15, -0.1) is 0 Å². The molecule has 2 aliphatic rings. The molecule has 2 aliphatic heterocycles. The van der Waals surface area contributed by atoms with E-state index in [-0.39, 0.29) is 18.0 Å². The first-order valence-corrected chi connectivity index (χ1v) is 7.89. The third kappa shape index (κ3) is 3.23. The highest BCUT2D eigenvalue weighted by atomic mass is 16.5. The first-order chi connectivity index (χ1) is 10.8. The van der Waals surface area contributed by atoms with Gasteiger partial charge in [0.15, 0.2) is 0 Å². The van der Waals surface area contributed by atoms with Crippen LogP contribution in [-0.4, -0.2) is 42.6 Å². The SMILES string of the molecule is N#C[C@@H]1CCCN1C(=O)[C@@H]1CC(COc2ccccc2)CN1. The standard InChI is InChI=1S/C17H21N3O2/c18-10-14-5-4-8-20(14)17(21)16-9-13(11-19-16)12-22-15-6-2-1-3-7-15/h1-3,6-7,13-14,16,19H,4-5,8-9,11-12H2/t13?,14-,16-/m0/s1. The Hall–Kier alpha value is -2.06. The molecule has 0 bridgehead atoms. The highest BCUT2D eigenvalue weighted by Gasteiger charge is 2.37. The quantitative estimate of drug-likeness (QED) is 0.916. The highest BCUT2D eigenvalue weighted by molar-refractivity contribution is 5.83. The van der Waals surface area contributed by atoms with Crippen LogP contribution in [0, 0.1) is 17.2 Å². The largest absolute Gasteiger partial charge is 0.493 e. The van der Waals surface area contributed by atoms with Gasteiger partial charge in [0.05, 0.1) is 18.7 Å². The van der Waals surface area contributed by atoms with Crippen LogP contribution in [0.2, 0.25) is 0 Å². The zero-order valence-corrected chi connectivity index (χ0v) is 12.6. The van der Waals surface area contributed by atoms with E-state index in [1.807, 2.05) is 30.3 Å². The minimum atomic E-state index is -0.242. The van der Waals surface area contributed by atoms with Gasteiger partial charge in [-0.2, -0.15) is 5.26 Å². The molecule has 1 aromatic rings. The second-order valence-corrected chi connectivity index (χ2v) is 6.01. The zero-order chi connectivity index (χ0) is 15.4. The Balaban J connectivity index is 1.50. The van der Waals surface area contributed by atoms with Crippen molar-refractivity contribution in [3.63, 3.8) is 0 Å². The topological polar surface area (TPSA) is 65.4 Å². The molecule has 0 aromatic heterocycles. The van der Waals surface area contributed by atoms with Crippen molar-refractivity contribution in [2.45, 2.75) is 31.3 Å². The van der Waals surface area contributed by atoms with Gasteiger partial charge in [-0.1, -0.05) is 18.2 Å². The van der Waals surface area contributed by atoms with E-state index >= 15 is 0 Å². The van der Waals surface area contributed by atoms with Crippen molar-refractivity contribution in [3.05, 3.63) is 30.3 Å². The lowest BCUT2D eigenvalue weighted by Crippen LogP contribution is -2.45. The number of ether oxygens (including phenoxy) is 1. The monoisotopic (exact) mass is 299 g/mol. The van der Waals surface area contributed by atoms with Crippen molar-refractivity contribution >= 4 is 5.91 Å². The lowest BCUT2D eigenvalue weighted by Gasteiger charge is -2.23. The maximum atomic E-state index is 12.5. The van der Waals surface area contributed by atoms with E-state index in [0.717, 1.165) is 31.6 Å². The number of hydrogen-bond acceptors (Lipinski definition) is 4. The Morgan fingerprint density at radius 2 is 2.23 bits per heavy atom. The first-order valence-electron chi connectivity index (χ1n) is 7.89. The zero-order valence-electron chi connectivity index (χ0n) is 12.6. The maximum absolute atomic E-state index is 12.5. The van der Waals surface area contributed by atoms with Gasteiger partial charge in [0.1, 0.15) is 11.8 Å². The molecule has 2 heterocycles. The van der Waals surface area contributed by atoms with E-state index in [9.17, 15) is 4.79 Å². The molecule has 5 nitrogen and oxygen atoms in total. The predicted octanol–water partition coefficient (Wildman–Crippen LogP) is 1.56. The number of carbonyl (C=O) groups is 1. The molecular formula is C17H21N3O2. The fourth-order valence-electron chi connectivity index (χ4n) is 3.22. The van der Waals surface area contributed by atoms with Gasteiger partial charge < -0.3 is 15.0 Å². The van der Waals surface area contributed by atoms with Crippen molar-refractivity contribution in [1.29, 1.82) is 5.26 Å². The second-order valence-electron chi connectivity index (χ2n) is 6.01. The van der Waals surface area contributed by atoms with Crippen LogP contribution >= 0.6 is 0 Å². The van der Waals surface area contributed by atoms with Crippen molar-refractivity contribution < 1.29 is 9.53 Å². The van der Waals surface area contributed by atoms with E-state index in [1.165, 1.54) is 0 Å². The average molecular weight is 299 g/mol. The van der Waals surface area contributed by atoms with Gasteiger partial charge in [0, 0.05) is 19.0 Å². The number of carbonyl (C=O) groups excluding carboxylic acids is 1. The molecule has 116 valence electrons. The summed E-state index contributed by atoms with van der Waals surface area (Å²) in [6.07, 6.45) is 2.51. The summed E-state index contributed by atoms with van der Waals surface area (Å²) in [6, 6.07) is 11.5. The molecule has 1 N–H and O–H groups in total. The van der Waals surface area contributed by atoms with Gasteiger partial charge in [-0.25, -0.2) is 0 Å². The van der Waals surface area contributed by atoms with E-state index in [4.69, 9.17) is 10.00 Å². The molecule has 2 saturated heterocycles. The lowest BCUT2D eigenvalue weighted by atomic mass is 10.1. The number of likely N-dealkylation sites (tertiary alicyclic amines) is 1. The number of hydrogen-bond donors (Lipinski definition) is 1. The van der Waals surface area contributed by atoms with Crippen molar-refractivity contribution in [1.82, 2.24) is 10.2 Å². The number of para-hydroxylation sites is 1. The van der Waals surface area contributed by atoms with Crippen LogP contribution in [0.3, 0.4) is 0 Å². The van der Waals surface area contributed by atoms with Gasteiger partial charge >= 0.3 is 0 Å². The van der Waals surface area contributed by atoms with Crippen LogP contribution in [0.25, 0.3) is 0 Å². The fraction of sp³-hybridized carbons (Fsp3) is 0.529. The van der Waals surface area contributed by atoms with Gasteiger partial charge in [0.2, 0.25) is 5.91 Å². The Kier molecular flexibility index (Phi) is 4.59. The van der Waals surface area contributed by atoms with Crippen molar-refractivity contribution in [2.24, 2.45) is 5.92 Å². The number of nitriles is 1. The molecule has 22 heavy (non-hydrogen) atoms. The molecular weight excluding hydrogens is 278 g/mol. The van der Waals surface area contributed by atoms with Crippen LogP contribution in [-0.2, 0) is 4.79 Å². The summed E-state index contributed by atoms with van der Waals surface area (Å²) in [5.41, 5.74) is 0. The van der Waals surface area contributed by atoms with E-state index in [1.54, 1.807) is 4.90 Å². The van der Waals surface area contributed by atoms with Crippen LogP contribution in [0.4, 0.5) is 0 Å². The number of benzene rings is 1. The van der Waals surface area contributed by atoms with Crippen LogP contribution in [0.15, 0.2) is 30.3 Å². The third-order valence-electron chi connectivity index (χ3n) is 4.43. The highest BCUT2D eigenvalue weighted by Crippen LogP contribution is 2.22. The predicted molar refractivity (Wildman–Crippen MR) is 82.2 cm³/mol.